The Hall–Kier alpha value is -3.36. The van der Waals surface area contributed by atoms with Crippen molar-refractivity contribution in [3.05, 3.63) is 60.3 Å². The maximum absolute atomic E-state index is 9.60. The fourth-order valence-electron chi connectivity index (χ4n) is 3.82. The van der Waals surface area contributed by atoms with Crippen LogP contribution >= 0.6 is 0 Å². The summed E-state index contributed by atoms with van der Waals surface area (Å²) in [6, 6.07) is 13.1. The molecule has 1 aromatic carbocycles. The summed E-state index contributed by atoms with van der Waals surface area (Å²) in [5, 5.41) is 14.2. The third-order valence-corrected chi connectivity index (χ3v) is 5.48. The number of hydrogen-bond acceptors (Lipinski definition) is 7. The minimum absolute atomic E-state index is 0.409. The molecule has 1 aliphatic rings. The molecule has 0 aliphatic carbocycles. The highest BCUT2D eigenvalue weighted by Crippen LogP contribution is 2.24. The lowest BCUT2D eigenvalue weighted by Crippen LogP contribution is -2.37. The SMILES string of the molecule is O/N=c1/cc(-c2cc3cccn3cn2)oc2ccc(OCCCN3CCOCC3)cc12. The van der Waals surface area contributed by atoms with Gasteiger partial charge >= 0.3 is 0 Å². The van der Waals surface area contributed by atoms with Crippen molar-refractivity contribution >= 4 is 16.5 Å². The molecule has 4 aromatic rings. The van der Waals surface area contributed by atoms with E-state index < -0.39 is 0 Å². The van der Waals surface area contributed by atoms with E-state index in [-0.39, 0.29) is 0 Å². The number of nitrogens with zero attached hydrogens (tertiary/aromatic N) is 4. The number of hydrogen-bond donors (Lipinski definition) is 1. The molecule has 3 aromatic heterocycles. The van der Waals surface area contributed by atoms with Crippen LogP contribution in [-0.2, 0) is 4.74 Å². The molecule has 8 heteroatoms. The standard InChI is InChI=1S/C23H24N4O4/c28-25-20-15-23(21-13-17-3-1-7-27(17)16-24-21)31-22-5-4-18(14-19(20)22)30-10-2-6-26-8-11-29-12-9-26/h1,3-5,7,13-16,28H,2,6,8-12H2/b25-20-. The number of morpholine rings is 1. The summed E-state index contributed by atoms with van der Waals surface area (Å²) < 4.78 is 19.3. The van der Waals surface area contributed by atoms with Gasteiger partial charge in [-0.05, 0) is 42.8 Å². The van der Waals surface area contributed by atoms with Crippen LogP contribution in [0.3, 0.4) is 0 Å². The van der Waals surface area contributed by atoms with Crippen LogP contribution in [0.25, 0.3) is 27.9 Å². The van der Waals surface area contributed by atoms with E-state index in [1.807, 2.05) is 47.0 Å². The Morgan fingerprint density at radius 3 is 2.90 bits per heavy atom. The molecule has 0 bridgehead atoms. The van der Waals surface area contributed by atoms with Crippen LogP contribution in [0.1, 0.15) is 6.42 Å². The van der Waals surface area contributed by atoms with Gasteiger partial charge in [-0.1, -0.05) is 5.16 Å². The quantitative estimate of drug-likeness (QED) is 0.293. The van der Waals surface area contributed by atoms with Gasteiger partial charge in [-0.25, -0.2) is 4.98 Å². The van der Waals surface area contributed by atoms with Gasteiger partial charge in [0.15, 0.2) is 5.76 Å². The first-order valence-corrected chi connectivity index (χ1v) is 10.4. The van der Waals surface area contributed by atoms with Crippen LogP contribution in [0.2, 0.25) is 0 Å². The average Bonchev–Trinajstić information content (AvgIpc) is 3.30. The summed E-state index contributed by atoms with van der Waals surface area (Å²) in [6.45, 7) is 5.18. The molecule has 1 fully saturated rings. The summed E-state index contributed by atoms with van der Waals surface area (Å²) in [7, 11) is 0. The highest BCUT2D eigenvalue weighted by atomic mass is 16.5. The van der Waals surface area contributed by atoms with Crippen molar-refractivity contribution in [1.29, 1.82) is 0 Å². The molecule has 1 N–H and O–H groups in total. The monoisotopic (exact) mass is 420 g/mol. The van der Waals surface area contributed by atoms with Crippen molar-refractivity contribution in [1.82, 2.24) is 14.3 Å². The molecule has 31 heavy (non-hydrogen) atoms. The van der Waals surface area contributed by atoms with Crippen molar-refractivity contribution in [2.24, 2.45) is 5.16 Å². The van der Waals surface area contributed by atoms with E-state index >= 15 is 0 Å². The zero-order valence-electron chi connectivity index (χ0n) is 17.1. The first-order chi connectivity index (χ1) is 15.3. The Morgan fingerprint density at radius 1 is 1.13 bits per heavy atom. The zero-order chi connectivity index (χ0) is 21.0. The minimum Gasteiger partial charge on any atom is -0.494 e. The van der Waals surface area contributed by atoms with E-state index in [4.69, 9.17) is 13.9 Å². The second-order valence-corrected chi connectivity index (χ2v) is 7.52. The van der Waals surface area contributed by atoms with Gasteiger partial charge in [-0.2, -0.15) is 0 Å². The fourth-order valence-corrected chi connectivity index (χ4v) is 3.82. The molecule has 1 saturated heterocycles. The molecule has 0 amide bonds. The van der Waals surface area contributed by atoms with Gasteiger partial charge in [0.25, 0.3) is 0 Å². The van der Waals surface area contributed by atoms with E-state index in [1.165, 1.54) is 0 Å². The molecule has 5 rings (SSSR count). The Kier molecular flexibility index (Phi) is 5.56. The van der Waals surface area contributed by atoms with Gasteiger partial charge in [0.1, 0.15) is 22.4 Å². The van der Waals surface area contributed by atoms with Crippen molar-refractivity contribution in [3.8, 4) is 17.2 Å². The Morgan fingerprint density at radius 2 is 2.03 bits per heavy atom. The number of fused-ring (bicyclic) bond motifs is 2. The maximum atomic E-state index is 9.60. The molecule has 8 nitrogen and oxygen atoms in total. The Balaban J connectivity index is 1.34. The van der Waals surface area contributed by atoms with Gasteiger partial charge in [-0.15, -0.1) is 0 Å². The summed E-state index contributed by atoms with van der Waals surface area (Å²) in [4.78, 5) is 6.83. The number of aromatic nitrogens is 2. The van der Waals surface area contributed by atoms with Crippen LogP contribution in [0, 0.1) is 0 Å². The van der Waals surface area contributed by atoms with Crippen molar-refractivity contribution in [2.75, 3.05) is 39.5 Å². The lowest BCUT2D eigenvalue weighted by molar-refractivity contribution is 0.0358. The number of benzene rings is 1. The topological polar surface area (TPSA) is 84.7 Å². The summed E-state index contributed by atoms with van der Waals surface area (Å²) in [5.41, 5.74) is 2.27. The predicted octanol–water partition coefficient (Wildman–Crippen LogP) is 3.14. The van der Waals surface area contributed by atoms with Gasteiger partial charge < -0.3 is 23.5 Å². The van der Waals surface area contributed by atoms with Crippen LogP contribution < -0.4 is 10.1 Å². The third kappa shape index (κ3) is 4.26. The second kappa shape index (κ2) is 8.79. The van der Waals surface area contributed by atoms with Gasteiger partial charge in [0.05, 0.1) is 31.5 Å². The molecular formula is C23H24N4O4. The molecule has 0 saturated carbocycles. The average molecular weight is 420 g/mol. The first-order valence-electron chi connectivity index (χ1n) is 10.4. The molecule has 0 atom stereocenters. The van der Waals surface area contributed by atoms with Crippen LogP contribution in [0.5, 0.6) is 5.75 Å². The molecule has 0 spiro atoms. The van der Waals surface area contributed by atoms with Crippen LogP contribution in [0.4, 0.5) is 0 Å². The highest BCUT2D eigenvalue weighted by Gasteiger charge is 2.11. The van der Waals surface area contributed by atoms with E-state index in [0.29, 0.717) is 34.4 Å². The molecule has 4 heterocycles. The summed E-state index contributed by atoms with van der Waals surface area (Å²) in [6.07, 6.45) is 4.60. The van der Waals surface area contributed by atoms with Gasteiger partial charge in [0, 0.05) is 37.4 Å². The number of ether oxygens (including phenoxy) is 2. The Labute approximate surface area is 178 Å². The van der Waals surface area contributed by atoms with Crippen LogP contribution in [-0.4, -0.2) is 58.9 Å². The normalized spacial score (nSPS) is 15.7. The number of rotatable bonds is 6. The lowest BCUT2D eigenvalue weighted by atomic mass is 10.2. The molecule has 1 aliphatic heterocycles. The third-order valence-electron chi connectivity index (χ3n) is 5.48. The van der Waals surface area contributed by atoms with Crippen molar-refractivity contribution in [2.45, 2.75) is 6.42 Å². The molecule has 0 unspecified atom stereocenters. The van der Waals surface area contributed by atoms with E-state index in [1.54, 1.807) is 12.4 Å². The largest absolute Gasteiger partial charge is 0.494 e. The van der Waals surface area contributed by atoms with Crippen LogP contribution in [0.15, 0.2) is 64.6 Å². The smallest absolute Gasteiger partial charge is 0.155 e. The van der Waals surface area contributed by atoms with E-state index in [2.05, 4.69) is 15.0 Å². The highest BCUT2D eigenvalue weighted by molar-refractivity contribution is 5.80. The molecular weight excluding hydrogens is 396 g/mol. The lowest BCUT2D eigenvalue weighted by Gasteiger charge is -2.26. The predicted molar refractivity (Wildman–Crippen MR) is 115 cm³/mol. The summed E-state index contributed by atoms with van der Waals surface area (Å²) in [5.74, 6) is 1.25. The molecule has 160 valence electrons. The van der Waals surface area contributed by atoms with E-state index in [9.17, 15) is 5.21 Å². The van der Waals surface area contributed by atoms with E-state index in [0.717, 1.165) is 50.5 Å². The van der Waals surface area contributed by atoms with Crippen molar-refractivity contribution < 1.29 is 19.1 Å². The van der Waals surface area contributed by atoms with Gasteiger partial charge in [-0.3, -0.25) is 4.90 Å². The first kappa shape index (κ1) is 19.6. The zero-order valence-corrected chi connectivity index (χ0v) is 17.1. The van der Waals surface area contributed by atoms with Gasteiger partial charge in [0.2, 0.25) is 0 Å². The Bertz CT molecular complexity index is 1260. The minimum atomic E-state index is 0.409. The molecule has 0 radical (unpaired) electrons. The maximum Gasteiger partial charge on any atom is 0.155 e. The second-order valence-electron chi connectivity index (χ2n) is 7.52. The summed E-state index contributed by atoms with van der Waals surface area (Å²) >= 11 is 0. The van der Waals surface area contributed by atoms with Crippen molar-refractivity contribution in [3.63, 3.8) is 0 Å². The fraction of sp³-hybridized carbons (Fsp3) is 0.304.